The summed E-state index contributed by atoms with van der Waals surface area (Å²) in [6, 6.07) is 5.74. The number of nitriles is 1. The van der Waals surface area contributed by atoms with Gasteiger partial charge in [0.25, 0.3) is 0 Å². The Morgan fingerprint density at radius 1 is 1.42 bits per heavy atom. The Morgan fingerprint density at radius 3 is 3.05 bits per heavy atom. The molecular formula is C13H12N4OS. The fourth-order valence-electron chi connectivity index (χ4n) is 2.04. The first kappa shape index (κ1) is 12.1. The fraction of sp³-hybridized carbons (Fsp3) is 0.308. The number of hydrogen-bond acceptors (Lipinski definition) is 6. The molecule has 1 atom stereocenters. The van der Waals surface area contributed by atoms with Gasteiger partial charge in [0, 0.05) is 24.3 Å². The van der Waals surface area contributed by atoms with Crippen molar-refractivity contribution in [1.29, 1.82) is 5.26 Å². The largest absolute Gasteiger partial charge is 0.367 e. The molecule has 1 aliphatic heterocycles. The summed E-state index contributed by atoms with van der Waals surface area (Å²) in [5, 5.41) is 11.7. The van der Waals surface area contributed by atoms with Crippen molar-refractivity contribution in [2.45, 2.75) is 6.10 Å². The van der Waals surface area contributed by atoms with Crippen molar-refractivity contribution in [3.63, 3.8) is 0 Å². The normalized spacial score (nSPS) is 19.1. The van der Waals surface area contributed by atoms with Gasteiger partial charge in [-0.1, -0.05) is 0 Å². The molecule has 0 N–H and O–H groups in total. The molecule has 1 fully saturated rings. The van der Waals surface area contributed by atoms with Crippen molar-refractivity contribution in [2.75, 3.05) is 24.6 Å². The quantitative estimate of drug-likeness (QED) is 0.836. The van der Waals surface area contributed by atoms with Gasteiger partial charge in [-0.25, -0.2) is 9.97 Å². The molecular weight excluding hydrogens is 260 g/mol. The number of ether oxygens (including phenoxy) is 1. The van der Waals surface area contributed by atoms with Crippen LogP contribution in [0, 0.1) is 11.3 Å². The number of pyridine rings is 1. The minimum Gasteiger partial charge on any atom is -0.367 e. The summed E-state index contributed by atoms with van der Waals surface area (Å²) < 4.78 is 5.75. The molecule has 3 heterocycles. The lowest BCUT2D eigenvalue weighted by molar-refractivity contribution is 0.0394. The van der Waals surface area contributed by atoms with Crippen LogP contribution in [0.4, 0.5) is 5.82 Å². The molecule has 1 saturated heterocycles. The highest BCUT2D eigenvalue weighted by atomic mass is 32.1. The average molecular weight is 272 g/mol. The highest BCUT2D eigenvalue weighted by Gasteiger charge is 2.24. The summed E-state index contributed by atoms with van der Waals surface area (Å²) in [4.78, 5) is 10.8. The molecule has 1 unspecified atom stereocenters. The lowest BCUT2D eigenvalue weighted by Crippen LogP contribution is -2.38. The molecule has 19 heavy (non-hydrogen) atoms. The molecule has 1 aliphatic rings. The van der Waals surface area contributed by atoms with Gasteiger partial charge in [0.2, 0.25) is 0 Å². The summed E-state index contributed by atoms with van der Waals surface area (Å²) in [7, 11) is 0. The summed E-state index contributed by atoms with van der Waals surface area (Å²) in [5.74, 6) is 0.879. The summed E-state index contributed by atoms with van der Waals surface area (Å²) in [5.41, 5.74) is 0.577. The standard InChI is InChI=1S/C13H12N4OS/c14-7-10-1-2-12(16-8-10)17-4-5-18-11(9-17)13-15-3-6-19-13/h1-3,6,8,11H,4-5,9H2. The molecule has 2 aromatic heterocycles. The van der Waals surface area contributed by atoms with Gasteiger partial charge in [-0.05, 0) is 12.1 Å². The molecule has 0 spiro atoms. The second kappa shape index (κ2) is 5.34. The first-order valence-electron chi connectivity index (χ1n) is 5.99. The van der Waals surface area contributed by atoms with Crippen molar-refractivity contribution in [3.8, 4) is 6.07 Å². The van der Waals surface area contributed by atoms with Gasteiger partial charge < -0.3 is 9.64 Å². The van der Waals surface area contributed by atoms with Gasteiger partial charge >= 0.3 is 0 Å². The van der Waals surface area contributed by atoms with Gasteiger partial charge in [0.05, 0.1) is 18.7 Å². The Balaban J connectivity index is 1.76. The Labute approximate surface area is 115 Å². The smallest absolute Gasteiger partial charge is 0.128 e. The number of anilines is 1. The van der Waals surface area contributed by atoms with E-state index in [2.05, 4.69) is 20.9 Å². The van der Waals surface area contributed by atoms with E-state index in [-0.39, 0.29) is 6.10 Å². The van der Waals surface area contributed by atoms with Gasteiger partial charge in [0.15, 0.2) is 0 Å². The van der Waals surface area contributed by atoms with Crippen molar-refractivity contribution in [1.82, 2.24) is 9.97 Å². The third kappa shape index (κ3) is 2.57. The fourth-order valence-corrected chi connectivity index (χ4v) is 2.72. The van der Waals surface area contributed by atoms with E-state index in [1.165, 1.54) is 0 Å². The van der Waals surface area contributed by atoms with E-state index in [4.69, 9.17) is 10.00 Å². The number of thiazole rings is 1. The SMILES string of the molecule is N#Cc1ccc(N2CCOC(c3nccs3)C2)nc1. The third-order valence-electron chi connectivity index (χ3n) is 2.99. The van der Waals surface area contributed by atoms with Crippen LogP contribution in [0.3, 0.4) is 0 Å². The first-order valence-corrected chi connectivity index (χ1v) is 6.87. The molecule has 6 heteroatoms. The van der Waals surface area contributed by atoms with Crippen molar-refractivity contribution in [3.05, 3.63) is 40.5 Å². The number of nitrogens with zero attached hydrogens (tertiary/aromatic N) is 4. The van der Waals surface area contributed by atoms with Gasteiger partial charge in [-0.15, -0.1) is 11.3 Å². The predicted octanol–water partition coefficient (Wildman–Crippen LogP) is 1.99. The summed E-state index contributed by atoms with van der Waals surface area (Å²) in [6.07, 6.45) is 3.40. The van der Waals surface area contributed by atoms with Crippen LogP contribution in [0.15, 0.2) is 29.9 Å². The van der Waals surface area contributed by atoms with Crippen LogP contribution < -0.4 is 4.90 Å². The van der Waals surface area contributed by atoms with E-state index in [9.17, 15) is 0 Å². The highest BCUT2D eigenvalue weighted by molar-refractivity contribution is 7.09. The van der Waals surface area contributed by atoms with Crippen LogP contribution in [0.25, 0.3) is 0 Å². The molecule has 5 nitrogen and oxygen atoms in total. The molecule has 3 rings (SSSR count). The Kier molecular flexibility index (Phi) is 3.40. The zero-order valence-corrected chi connectivity index (χ0v) is 11.0. The molecule has 96 valence electrons. The van der Waals surface area contributed by atoms with Crippen LogP contribution in [0.5, 0.6) is 0 Å². The van der Waals surface area contributed by atoms with Crippen LogP contribution in [-0.4, -0.2) is 29.7 Å². The van der Waals surface area contributed by atoms with Gasteiger partial charge in [-0.3, -0.25) is 0 Å². The van der Waals surface area contributed by atoms with Gasteiger partial charge in [-0.2, -0.15) is 5.26 Å². The van der Waals surface area contributed by atoms with Crippen molar-refractivity contribution >= 4 is 17.2 Å². The van der Waals surface area contributed by atoms with Gasteiger partial charge in [0.1, 0.15) is 23.0 Å². The number of rotatable bonds is 2. The van der Waals surface area contributed by atoms with E-state index < -0.39 is 0 Å². The molecule has 0 bridgehead atoms. The minimum atomic E-state index is 0.00573. The Hall–Kier alpha value is -1.97. The molecule has 2 aromatic rings. The van der Waals surface area contributed by atoms with Crippen LogP contribution >= 0.6 is 11.3 Å². The van der Waals surface area contributed by atoms with Crippen LogP contribution in [-0.2, 0) is 4.74 Å². The van der Waals surface area contributed by atoms with E-state index >= 15 is 0 Å². The van der Waals surface area contributed by atoms with E-state index in [1.807, 2.05) is 11.4 Å². The second-order valence-electron chi connectivity index (χ2n) is 4.19. The lowest BCUT2D eigenvalue weighted by atomic mass is 10.2. The average Bonchev–Trinajstić information content (AvgIpc) is 3.02. The third-order valence-corrected chi connectivity index (χ3v) is 3.86. The maximum Gasteiger partial charge on any atom is 0.128 e. The summed E-state index contributed by atoms with van der Waals surface area (Å²) in [6.45, 7) is 2.21. The second-order valence-corrected chi connectivity index (χ2v) is 5.12. The van der Waals surface area contributed by atoms with Crippen molar-refractivity contribution in [2.24, 2.45) is 0 Å². The molecule has 0 aliphatic carbocycles. The van der Waals surface area contributed by atoms with E-state index in [0.717, 1.165) is 23.9 Å². The molecule has 0 saturated carbocycles. The number of morpholine rings is 1. The first-order chi connectivity index (χ1) is 9.36. The monoisotopic (exact) mass is 272 g/mol. The summed E-state index contributed by atoms with van der Waals surface area (Å²) >= 11 is 1.61. The predicted molar refractivity (Wildman–Crippen MR) is 72.0 cm³/mol. The zero-order valence-electron chi connectivity index (χ0n) is 10.2. The Morgan fingerprint density at radius 2 is 2.37 bits per heavy atom. The van der Waals surface area contributed by atoms with E-state index in [1.54, 1.807) is 29.8 Å². The highest BCUT2D eigenvalue weighted by Crippen LogP contribution is 2.26. The topological polar surface area (TPSA) is 62.0 Å². The number of hydrogen-bond donors (Lipinski definition) is 0. The maximum absolute atomic E-state index is 8.78. The maximum atomic E-state index is 8.78. The molecule has 0 aromatic carbocycles. The Bertz CT molecular complexity index is 576. The zero-order chi connectivity index (χ0) is 13.1. The van der Waals surface area contributed by atoms with Crippen LogP contribution in [0.1, 0.15) is 16.7 Å². The van der Waals surface area contributed by atoms with Crippen LogP contribution in [0.2, 0.25) is 0 Å². The van der Waals surface area contributed by atoms with Crippen molar-refractivity contribution < 1.29 is 4.74 Å². The molecule has 0 radical (unpaired) electrons. The molecule has 0 amide bonds. The lowest BCUT2D eigenvalue weighted by Gasteiger charge is -2.32. The van der Waals surface area contributed by atoms with E-state index in [0.29, 0.717) is 12.2 Å². The number of aromatic nitrogens is 2. The minimum absolute atomic E-state index is 0.00573.